The second kappa shape index (κ2) is 5.20. The maximum absolute atomic E-state index is 11.4. The van der Waals surface area contributed by atoms with E-state index in [9.17, 15) is 4.79 Å². The van der Waals surface area contributed by atoms with E-state index in [0.717, 1.165) is 11.1 Å². The Morgan fingerprint density at radius 1 is 1.24 bits per heavy atom. The molecular formula is C14H12N4O3. The Balaban J connectivity index is 1.92. The van der Waals surface area contributed by atoms with Gasteiger partial charge in [-0.3, -0.25) is 0 Å². The number of esters is 1. The Bertz CT molecular complexity index is 796. The van der Waals surface area contributed by atoms with E-state index >= 15 is 0 Å². The van der Waals surface area contributed by atoms with Crippen molar-refractivity contribution >= 4 is 28.6 Å². The van der Waals surface area contributed by atoms with Gasteiger partial charge in [0, 0.05) is 5.69 Å². The molecule has 0 aliphatic heterocycles. The van der Waals surface area contributed by atoms with E-state index in [1.807, 2.05) is 6.92 Å². The molecule has 106 valence electrons. The number of anilines is 2. The van der Waals surface area contributed by atoms with E-state index < -0.39 is 0 Å². The van der Waals surface area contributed by atoms with Gasteiger partial charge in [-0.2, -0.15) is 4.98 Å². The topological polar surface area (TPSA) is 90.1 Å². The van der Waals surface area contributed by atoms with Crippen LogP contribution >= 0.6 is 0 Å². The van der Waals surface area contributed by atoms with Gasteiger partial charge < -0.3 is 14.6 Å². The first-order valence-corrected chi connectivity index (χ1v) is 6.21. The zero-order chi connectivity index (χ0) is 14.8. The maximum atomic E-state index is 11.4. The van der Waals surface area contributed by atoms with Crippen molar-refractivity contribution in [3.63, 3.8) is 0 Å². The van der Waals surface area contributed by atoms with Crippen LogP contribution in [-0.2, 0) is 4.74 Å². The lowest BCUT2D eigenvalue weighted by molar-refractivity contribution is 0.0601. The lowest BCUT2D eigenvalue weighted by Crippen LogP contribution is -2.01. The predicted octanol–water partition coefficient (Wildman–Crippen LogP) is 2.46. The molecule has 0 aliphatic carbocycles. The van der Waals surface area contributed by atoms with Crippen LogP contribution in [0.25, 0.3) is 11.1 Å². The molecule has 1 N–H and O–H groups in total. The molecule has 1 aromatic carbocycles. The van der Waals surface area contributed by atoms with E-state index in [1.165, 1.54) is 13.4 Å². The fraction of sp³-hybridized carbons (Fsp3) is 0.143. The highest BCUT2D eigenvalue weighted by atomic mass is 16.5. The molecule has 7 heteroatoms. The van der Waals surface area contributed by atoms with Crippen LogP contribution in [-0.4, -0.2) is 28.2 Å². The Morgan fingerprint density at radius 3 is 2.71 bits per heavy atom. The van der Waals surface area contributed by atoms with E-state index in [0.29, 0.717) is 22.8 Å². The normalized spacial score (nSPS) is 10.6. The third kappa shape index (κ3) is 2.40. The number of ether oxygens (including phenoxy) is 1. The average molecular weight is 284 g/mol. The highest BCUT2D eigenvalue weighted by Gasteiger charge is 2.12. The van der Waals surface area contributed by atoms with E-state index in [-0.39, 0.29) is 5.97 Å². The van der Waals surface area contributed by atoms with Crippen LogP contribution < -0.4 is 5.32 Å². The number of aromatic nitrogens is 3. The number of nitrogens with zero attached hydrogens (tertiary/aromatic N) is 3. The minimum absolute atomic E-state index is 0.374. The quantitative estimate of drug-likeness (QED) is 0.739. The van der Waals surface area contributed by atoms with Gasteiger partial charge in [-0.1, -0.05) is 5.16 Å². The molecule has 0 aliphatic rings. The Morgan fingerprint density at radius 2 is 2.00 bits per heavy atom. The molecule has 0 spiro atoms. The van der Waals surface area contributed by atoms with Gasteiger partial charge in [0.15, 0.2) is 0 Å². The van der Waals surface area contributed by atoms with Gasteiger partial charge in [0.25, 0.3) is 5.71 Å². The summed E-state index contributed by atoms with van der Waals surface area (Å²) in [6, 6.07) is 6.88. The van der Waals surface area contributed by atoms with E-state index in [2.05, 4.69) is 25.2 Å². The number of nitrogens with one attached hydrogen (secondary N) is 1. The van der Waals surface area contributed by atoms with Gasteiger partial charge >= 0.3 is 5.97 Å². The van der Waals surface area contributed by atoms with Crippen LogP contribution in [0, 0.1) is 6.92 Å². The van der Waals surface area contributed by atoms with Crippen molar-refractivity contribution in [1.82, 2.24) is 15.1 Å². The van der Waals surface area contributed by atoms with E-state index in [4.69, 9.17) is 4.52 Å². The van der Waals surface area contributed by atoms with Crippen molar-refractivity contribution in [1.29, 1.82) is 0 Å². The van der Waals surface area contributed by atoms with E-state index in [1.54, 1.807) is 24.3 Å². The van der Waals surface area contributed by atoms with Crippen LogP contribution in [0.2, 0.25) is 0 Å². The van der Waals surface area contributed by atoms with Crippen molar-refractivity contribution in [3.05, 3.63) is 41.9 Å². The summed E-state index contributed by atoms with van der Waals surface area (Å²) in [5, 5.41) is 7.75. The number of hydrogen-bond donors (Lipinski definition) is 1. The molecule has 3 rings (SSSR count). The molecule has 7 nitrogen and oxygen atoms in total. The Kier molecular flexibility index (Phi) is 3.23. The molecule has 2 heterocycles. The summed E-state index contributed by atoms with van der Waals surface area (Å²) in [5.74, 6) is 0.227. The van der Waals surface area contributed by atoms with Crippen LogP contribution in [0.3, 0.4) is 0 Å². The first kappa shape index (κ1) is 13.0. The first-order valence-electron chi connectivity index (χ1n) is 6.21. The summed E-state index contributed by atoms with van der Waals surface area (Å²) in [6.45, 7) is 1.82. The van der Waals surface area contributed by atoms with Crippen LogP contribution in [0.1, 0.15) is 16.1 Å². The minimum Gasteiger partial charge on any atom is -0.465 e. The summed E-state index contributed by atoms with van der Waals surface area (Å²) < 4.78 is 9.75. The fourth-order valence-electron chi connectivity index (χ4n) is 1.96. The Labute approximate surface area is 119 Å². The van der Waals surface area contributed by atoms with Crippen molar-refractivity contribution in [3.8, 4) is 0 Å². The van der Waals surface area contributed by atoms with Crippen molar-refractivity contribution in [2.75, 3.05) is 12.4 Å². The molecule has 2 aromatic heterocycles. The predicted molar refractivity (Wildman–Crippen MR) is 75.4 cm³/mol. The lowest BCUT2D eigenvalue weighted by Gasteiger charge is -2.06. The summed E-state index contributed by atoms with van der Waals surface area (Å²) in [4.78, 5) is 19.6. The molecule has 0 radical (unpaired) electrons. The molecule has 0 amide bonds. The van der Waals surface area contributed by atoms with Crippen LogP contribution in [0.15, 0.2) is 35.1 Å². The zero-order valence-corrected chi connectivity index (χ0v) is 11.5. The summed E-state index contributed by atoms with van der Waals surface area (Å²) in [6.07, 6.45) is 1.40. The third-order valence-electron chi connectivity index (χ3n) is 3.01. The molecular weight excluding hydrogens is 272 g/mol. The third-order valence-corrected chi connectivity index (χ3v) is 3.01. The molecule has 0 bridgehead atoms. The van der Waals surface area contributed by atoms with Gasteiger partial charge in [0.2, 0.25) is 0 Å². The molecule has 3 aromatic rings. The molecule has 0 atom stereocenters. The Hall–Kier alpha value is -2.96. The van der Waals surface area contributed by atoms with Crippen molar-refractivity contribution in [2.24, 2.45) is 0 Å². The molecule has 0 saturated heterocycles. The minimum atomic E-state index is -0.374. The van der Waals surface area contributed by atoms with Gasteiger partial charge in [-0.15, -0.1) is 0 Å². The highest BCUT2D eigenvalue weighted by molar-refractivity contribution is 5.91. The number of carbonyl (C=O) groups excluding carboxylic acids is 1. The average Bonchev–Trinajstić information content (AvgIpc) is 2.90. The highest BCUT2D eigenvalue weighted by Crippen LogP contribution is 2.25. The standard InChI is InChI=1S/C14H12N4O3/c1-8-11-12(15-7-16-13(11)21-18-8)17-10-5-3-9(4-6-10)14(19)20-2/h3-7H,1-2H3,(H,15,16,17). The molecule has 0 unspecified atom stereocenters. The summed E-state index contributed by atoms with van der Waals surface area (Å²) in [5.41, 5.74) is 2.40. The first-order chi connectivity index (χ1) is 10.2. The monoisotopic (exact) mass is 284 g/mol. The molecule has 0 saturated carbocycles. The number of fused-ring (bicyclic) bond motifs is 1. The lowest BCUT2D eigenvalue weighted by atomic mass is 10.2. The van der Waals surface area contributed by atoms with Crippen LogP contribution in [0.5, 0.6) is 0 Å². The van der Waals surface area contributed by atoms with Gasteiger partial charge in [0.05, 0.1) is 18.4 Å². The van der Waals surface area contributed by atoms with Crippen LogP contribution in [0.4, 0.5) is 11.5 Å². The zero-order valence-electron chi connectivity index (χ0n) is 11.5. The maximum Gasteiger partial charge on any atom is 0.337 e. The number of hydrogen-bond acceptors (Lipinski definition) is 7. The number of aryl methyl sites for hydroxylation is 1. The summed E-state index contributed by atoms with van der Waals surface area (Å²) in [7, 11) is 1.35. The summed E-state index contributed by atoms with van der Waals surface area (Å²) >= 11 is 0. The fourth-order valence-corrected chi connectivity index (χ4v) is 1.96. The second-order valence-corrected chi connectivity index (χ2v) is 4.36. The number of carbonyl (C=O) groups is 1. The molecule has 0 fully saturated rings. The number of rotatable bonds is 3. The van der Waals surface area contributed by atoms with Crippen molar-refractivity contribution < 1.29 is 14.1 Å². The van der Waals surface area contributed by atoms with Gasteiger partial charge in [-0.05, 0) is 31.2 Å². The SMILES string of the molecule is COC(=O)c1ccc(Nc2ncnc3onc(C)c23)cc1. The second-order valence-electron chi connectivity index (χ2n) is 4.36. The number of methoxy groups -OCH3 is 1. The van der Waals surface area contributed by atoms with Crippen molar-refractivity contribution in [2.45, 2.75) is 6.92 Å². The molecule has 21 heavy (non-hydrogen) atoms. The smallest absolute Gasteiger partial charge is 0.337 e. The number of benzene rings is 1. The van der Waals surface area contributed by atoms with Gasteiger partial charge in [-0.25, -0.2) is 9.78 Å². The van der Waals surface area contributed by atoms with Gasteiger partial charge in [0.1, 0.15) is 17.5 Å². The largest absolute Gasteiger partial charge is 0.465 e.